The molecule has 0 aliphatic carbocycles. The van der Waals surface area contributed by atoms with Crippen molar-refractivity contribution in [1.29, 1.82) is 0 Å². The maximum Gasteiger partial charge on any atom is 0.0507 e. The fourth-order valence-electron chi connectivity index (χ4n) is 2.13. The molecule has 3 heteroatoms. The van der Waals surface area contributed by atoms with Gasteiger partial charge in [0.25, 0.3) is 0 Å². The quantitative estimate of drug-likeness (QED) is 0.740. The topological polar surface area (TPSA) is 30.5 Å². The van der Waals surface area contributed by atoms with Gasteiger partial charge in [-0.1, -0.05) is 0 Å². The molecule has 3 nitrogen and oxygen atoms in total. The van der Waals surface area contributed by atoms with Gasteiger partial charge in [-0.25, -0.2) is 0 Å². The van der Waals surface area contributed by atoms with Gasteiger partial charge in [0.15, 0.2) is 0 Å². The standard InChI is InChI=1S/C11H21NO2/c1-11(3-6-13-7-4-11)12-8-10-2-5-14-9-10/h10,12H,2-9H2,1H3. The second kappa shape index (κ2) is 4.60. The van der Waals surface area contributed by atoms with Crippen molar-refractivity contribution >= 4 is 0 Å². The van der Waals surface area contributed by atoms with Crippen molar-refractivity contribution in [2.45, 2.75) is 31.7 Å². The lowest BCUT2D eigenvalue weighted by Crippen LogP contribution is -2.48. The minimum atomic E-state index is 0.306. The zero-order valence-electron chi connectivity index (χ0n) is 9.05. The van der Waals surface area contributed by atoms with Crippen molar-refractivity contribution in [3.8, 4) is 0 Å². The molecule has 0 radical (unpaired) electrons. The first-order valence-electron chi connectivity index (χ1n) is 5.69. The SMILES string of the molecule is CC1(NCC2CCOC2)CCOCC1. The molecule has 14 heavy (non-hydrogen) atoms. The van der Waals surface area contributed by atoms with Gasteiger partial charge in [-0.05, 0) is 32.1 Å². The van der Waals surface area contributed by atoms with E-state index in [1.165, 1.54) is 6.42 Å². The van der Waals surface area contributed by atoms with Crippen LogP contribution >= 0.6 is 0 Å². The van der Waals surface area contributed by atoms with E-state index in [9.17, 15) is 0 Å². The maximum absolute atomic E-state index is 5.37. The molecule has 0 aromatic carbocycles. The minimum Gasteiger partial charge on any atom is -0.381 e. The van der Waals surface area contributed by atoms with Crippen molar-refractivity contribution in [1.82, 2.24) is 5.32 Å². The lowest BCUT2D eigenvalue weighted by molar-refractivity contribution is 0.0435. The van der Waals surface area contributed by atoms with Gasteiger partial charge in [0.1, 0.15) is 0 Å². The Bertz CT molecular complexity index is 172. The van der Waals surface area contributed by atoms with Crippen molar-refractivity contribution in [2.75, 3.05) is 33.0 Å². The third kappa shape index (κ3) is 2.69. The van der Waals surface area contributed by atoms with Crippen LogP contribution in [-0.2, 0) is 9.47 Å². The lowest BCUT2D eigenvalue weighted by atomic mass is 9.92. The highest BCUT2D eigenvalue weighted by Crippen LogP contribution is 2.21. The normalized spacial score (nSPS) is 31.9. The Labute approximate surface area is 86.2 Å². The molecule has 1 atom stereocenters. The van der Waals surface area contributed by atoms with E-state index in [1.807, 2.05) is 0 Å². The highest BCUT2D eigenvalue weighted by Gasteiger charge is 2.28. The molecule has 1 N–H and O–H groups in total. The molecular weight excluding hydrogens is 178 g/mol. The molecule has 0 amide bonds. The minimum absolute atomic E-state index is 0.306. The van der Waals surface area contributed by atoms with Gasteiger partial charge in [-0.3, -0.25) is 0 Å². The van der Waals surface area contributed by atoms with Gasteiger partial charge in [-0.2, -0.15) is 0 Å². The molecule has 0 saturated carbocycles. The molecule has 2 fully saturated rings. The summed E-state index contributed by atoms with van der Waals surface area (Å²) in [5, 5.41) is 3.68. The highest BCUT2D eigenvalue weighted by molar-refractivity contribution is 4.86. The summed E-state index contributed by atoms with van der Waals surface area (Å²) >= 11 is 0. The molecule has 2 aliphatic heterocycles. The Kier molecular flexibility index (Phi) is 3.42. The van der Waals surface area contributed by atoms with Crippen molar-refractivity contribution in [2.24, 2.45) is 5.92 Å². The molecule has 2 heterocycles. The number of hydrogen-bond acceptors (Lipinski definition) is 3. The summed E-state index contributed by atoms with van der Waals surface area (Å²) in [5.74, 6) is 0.731. The van der Waals surface area contributed by atoms with Gasteiger partial charge in [0.05, 0.1) is 6.61 Å². The van der Waals surface area contributed by atoms with E-state index in [4.69, 9.17) is 9.47 Å². The zero-order valence-corrected chi connectivity index (χ0v) is 9.05. The second-order valence-electron chi connectivity index (χ2n) is 4.78. The van der Waals surface area contributed by atoms with Gasteiger partial charge < -0.3 is 14.8 Å². The fourth-order valence-corrected chi connectivity index (χ4v) is 2.13. The predicted octanol–water partition coefficient (Wildman–Crippen LogP) is 1.18. The van der Waals surface area contributed by atoms with Crippen LogP contribution in [0.2, 0.25) is 0 Å². The van der Waals surface area contributed by atoms with Crippen LogP contribution in [0.4, 0.5) is 0 Å². The van der Waals surface area contributed by atoms with Crippen LogP contribution in [0.1, 0.15) is 26.2 Å². The Morgan fingerprint density at radius 3 is 2.64 bits per heavy atom. The number of rotatable bonds is 3. The van der Waals surface area contributed by atoms with E-state index < -0.39 is 0 Å². The van der Waals surface area contributed by atoms with E-state index in [0.29, 0.717) is 5.54 Å². The van der Waals surface area contributed by atoms with Crippen LogP contribution in [0, 0.1) is 5.92 Å². The Morgan fingerprint density at radius 1 is 1.21 bits per heavy atom. The van der Waals surface area contributed by atoms with Crippen LogP contribution < -0.4 is 5.32 Å². The first-order chi connectivity index (χ1) is 6.79. The smallest absolute Gasteiger partial charge is 0.0507 e. The molecule has 0 aromatic rings. The Hall–Kier alpha value is -0.120. The molecular formula is C11H21NO2. The summed E-state index contributed by atoms with van der Waals surface area (Å²) in [6.07, 6.45) is 3.50. The number of nitrogens with one attached hydrogen (secondary N) is 1. The van der Waals surface area contributed by atoms with Crippen LogP contribution in [0.3, 0.4) is 0 Å². The monoisotopic (exact) mass is 199 g/mol. The van der Waals surface area contributed by atoms with Crippen molar-refractivity contribution < 1.29 is 9.47 Å². The van der Waals surface area contributed by atoms with Crippen LogP contribution in [0.15, 0.2) is 0 Å². The zero-order chi connectivity index (χ0) is 9.86. The first-order valence-corrected chi connectivity index (χ1v) is 5.69. The van der Waals surface area contributed by atoms with Crippen molar-refractivity contribution in [3.05, 3.63) is 0 Å². The lowest BCUT2D eigenvalue weighted by Gasteiger charge is -2.35. The van der Waals surface area contributed by atoms with Crippen molar-refractivity contribution in [3.63, 3.8) is 0 Å². The molecule has 82 valence electrons. The van der Waals surface area contributed by atoms with Crippen LogP contribution in [0.5, 0.6) is 0 Å². The second-order valence-corrected chi connectivity index (χ2v) is 4.78. The molecule has 0 spiro atoms. The molecule has 0 aromatic heterocycles. The van der Waals surface area contributed by atoms with Gasteiger partial charge in [0, 0.05) is 31.9 Å². The third-order valence-corrected chi connectivity index (χ3v) is 3.44. The van der Waals surface area contributed by atoms with Crippen LogP contribution in [-0.4, -0.2) is 38.5 Å². The maximum atomic E-state index is 5.37. The summed E-state index contributed by atoms with van der Waals surface area (Å²) in [6, 6.07) is 0. The van der Waals surface area contributed by atoms with E-state index in [1.54, 1.807) is 0 Å². The summed E-state index contributed by atoms with van der Waals surface area (Å²) in [7, 11) is 0. The average Bonchev–Trinajstić information content (AvgIpc) is 2.69. The largest absolute Gasteiger partial charge is 0.381 e. The van der Waals surface area contributed by atoms with Gasteiger partial charge >= 0.3 is 0 Å². The van der Waals surface area contributed by atoms with E-state index in [2.05, 4.69) is 12.2 Å². The summed E-state index contributed by atoms with van der Waals surface area (Å²) in [4.78, 5) is 0. The molecule has 2 aliphatic rings. The average molecular weight is 199 g/mol. The first kappa shape index (κ1) is 10.4. The Balaban J connectivity index is 1.72. The van der Waals surface area contributed by atoms with E-state index in [-0.39, 0.29) is 0 Å². The molecule has 2 rings (SSSR count). The highest BCUT2D eigenvalue weighted by atomic mass is 16.5. The number of ether oxygens (including phenoxy) is 2. The molecule has 2 saturated heterocycles. The van der Waals surface area contributed by atoms with Gasteiger partial charge in [-0.15, -0.1) is 0 Å². The van der Waals surface area contributed by atoms with Gasteiger partial charge in [0.2, 0.25) is 0 Å². The molecule has 1 unspecified atom stereocenters. The predicted molar refractivity (Wildman–Crippen MR) is 55.4 cm³/mol. The third-order valence-electron chi connectivity index (χ3n) is 3.44. The summed E-state index contributed by atoms with van der Waals surface area (Å²) in [5.41, 5.74) is 0.306. The summed E-state index contributed by atoms with van der Waals surface area (Å²) < 4.78 is 10.7. The summed E-state index contributed by atoms with van der Waals surface area (Å²) in [6.45, 7) is 7.13. The molecule has 0 bridgehead atoms. The van der Waals surface area contributed by atoms with E-state index in [0.717, 1.165) is 51.7 Å². The number of hydrogen-bond donors (Lipinski definition) is 1. The Morgan fingerprint density at radius 2 is 2.00 bits per heavy atom. The fraction of sp³-hybridized carbons (Fsp3) is 1.00. The van der Waals surface area contributed by atoms with E-state index >= 15 is 0 Å². The van der Waals surface area contributed by atoms with Crippen LogP contribution in [0.25, 0.3) is 0 Å².